The van der Waals surface area contributed by atoms with Crippen molar-refractivity contribution in [2.45, 2.75) is 38.6 Å². The van der Waals surface area contributed by atoms with Crippen LogP contribution in [0.3, 0.4) is 0 Å². The lowest BCUT2D eigenvalue weighted by atomic mass is 9.97. The van der Waals surface area contributed by atoms with Crippen molar-refractivity contribution >= 4 is 21.5 Å². The molecule has 0 aliphatic heterocycles. The van der Waals surface area contributed by atoms with Crippen molar-refractivity contribution in [3.05, 3.63) is 95.1 Å². The van der Waals surface area contributed by atoms with E-state index in [0.29, 0.717) is 11.1 Å². The summed E-state index contributed by atoms with van der Waals surface area (Å²) in [4.78, 5) is 15.8. The number of carbonyl (C=O) groups is 1. The summed E-state index contributed by atoms with van der Waals surface area (Å²) < 4.78 is 28.9. The minimum absolute atomic E-state index is 0.130. The Kier molecular flexibility index (Phi) is 7.48. The van der Waals surface area contributed by atoms with Crippen LogP contribution < -0.4 is 9.62 Å². The standard InChI is InChI=1S/C26H30N2O3S/c1-5-28(6-2)23-14-12-21(13-15-23)25(26(29)22-9-7-8-20(4)18-22)27-32(30,31)24-16-10-19(3)11-17-24/h7-18,25,27H,5-6H2,1-4H3. The molecule has 0 heterocycles. The molecule has 1 unspecified atom stereocenters. The van der Waals surface area contributed by atoms with Crippen LogP contribution in [0.25, 0.3) is 0 Å². The van der Waals surface area contributed by atoms with Gasteiger partial charge in [0.1, 0.15) is 6.04 Å². The monoisotopic (exact) mass is 450 g/mol. The molecule has 1 atom stereocenters. The molecular formula is C26H30N2O3S. The van der Waals surface area contributed by atoms with E-state index >= 15 is 0 Å². The molecule has 0 bridgehead atoms. The van der Waals surface area contributed by atoms with Crippen LogP contribution in [0, 0.1) is 13.8 Å². The maximum atomic E-state index is 13.5. The van der Waals surface area contributed by atoms with Gasteiger partial charge in [0.15, 0.2) is 5.78 Å². The number of nitrogens with one attached hydrogen (secondary N) is 1. The summed E-state index contributed by atoms with van der Waals surface area (Å²) >= 11 is 0. The van der Waals surface area contributed by atoms with Crippen molar-refractivity contribution in [3.63, 3.8) is 0 Å². The highest BCUT2D eigenvalue weighted by Crippen LogP contribution is 2.25. The van der Waals surface area contributed by atoms with Crippen molar-refractivity contribution in [1.29, 1.82) is 0 Å². The molecule has 3 aromatic carbocycles. The molecule has 0 saturated carbocycles. The lowest BCUT2D eigenvalue weighted by Gasteiger charge is -2.23. The zero-order valence-electron chi connectivity index (χ0n) is 19.0. The van der Waals surface area contributed by atoms with E-state index in [2.05, 4.69) is 23.5 Å². The average Bonchev–Trinajstić information content (AvgIpc) is 2.79. The molecule has 0 spiro atoms. The van der Waals surface area contributed by atoms with Gasteiger partial charge in [0.25, 0.3) is 0 Å². The molecule has 5 nitrogen and oxygen atoms in total. The number of hydrogen-bond acceptors (Lipinski definition) is 4. The molecule has 0 radical (unpaired) electrons. The molecule has 0 aliphatic carbocycles. The number of Topliss-reactive ketones (excluding diaryl/α,β-unsaturated/α-hetero) is 1. The first-order valence-electron chi connectivity index (χ1n) is 10.8. The van der Waals surface area contributed by atoms with Crippen LogP contribution in [0.1, 0.15) is 46.9 Å². The minimum Gasteiger partial charge on any atom is -0.372 e. The number of rotatable bonds is 9. The van der Waals surface area contributed by atoms with Crippen LogP contribution in [-0.2, 0) is 10.0 Å². The fraction of sp³-hybridized carbons (Fsp3) is 0.269. The van der Waals surface area contributed by atoms with Crippen LogP contribution in [0.15, 0.2) is 77.7 Å². The molecule has 1 N–H and O–H groups in total. The second-order valence-electron chi connectivity index (χ2n) is 7.86. The van der Waals surface area contributed by atoms with Crippen molar-refractivity contribution in [1.82, 2.24) is 4.72 Å². The summed E-state index contributed by atoms with van der Waals surface area (Å²) in [6.45, 7) is 9.68. The molecule has 3 aromatic rings. The summed E-state index contributed by atoms with van der Waals surface area (Å²) in [5.41, 5.74) is 4.00. The van der Waals surface area contributed by atoms with Gasteiger partial charge in [-0.1, -0.05) is 53.6 Å². The SMILES string of the molecule is CCN(CC)c1ccc(C(NS(=O)(=O)c2ccc(C)cc2)C(=O)c2cccc(C)c2)cc1. The summed E-state index contributed by atoms with van der Waals surface area (Å²) in [6, 6.07) is 20.3. The number of nitrogens with zero attached hydrogens (tertiary/aromatic N) is 1. The maximum Gasteiger partial charge on any atom is 0.241 e. The number of hydrogen-bond donors (Lipinski definition) is 1. The molecule has 168 valence electrons. The van der Waals surface area contributed by atoms with Crippen LogP contribution in [0.2, 0.25) is 0 Å². The average molecular weight is 451 g/mol. The van der Waals surface area contributed by atoms with Crippen LogP contribution in [0.4, 0.5) is 5.69 Å². The van der Waals surface area contributed by atoms with E-state index in [4.69, 9.17) is 0 Å². The zero-order valence-corrected chi connectivity index (χ0v) is 19.8. The van der Waals surface area contributed by atoms with E-state index in [-0.39, 0.29) is 10.7 Å². The molecule has 0 aromatic heterocycles. The van der Waals surface area contributed by atoms with Gasteiger partial charge in [-0.3, -0.25) is 4.79 Å². The first-order valence-corrected chi connectivity index (χ1v) is 12.3. The van der Waals surface area contributed by atoms with Crippen LogP contribution >= 0.6 is 0 Å². The Morgan fingerprint density at radius 1 is 0.875 bits per heavy atom. The normalized spacial score (nSPS) is 12.4. The predicted octanol–water partition coefficient (Wildman–Crippen LogP) is 5.05. The molecular weight excluding hydrogens is 420 g/mol. The van der Waals surface area contributed by atoms with E-state index < -0.39 is 16.1 Å². The number of sulfonamides is 1. The highest BCUT2D eigenvalue weighted by Gasteiger charge is 2.28. The van der Waals surface area contributed by atoms with Crippen molar-refractivity contribution in [3.8, 4) is 0 Å². The Labute approximate surface area is 191 Å². The van der Waals surface area contributed by atoms with Crippen molar-refractivity contribution in [2.24, 2.45) is 0 Å². The number of ketones is 1. The fourth-order valence-corrected chi connectivity index (χ4v) is 4.83. The first kappa shape index (κ1) is 23.7. The summed E-state index contributed by atoms with van der Waals surface area (Å²) in [5.74, 6) is -0.292. The van der Waals surface area contributed by atoms with E-state index in [0.717, 1.165) is 29.9 Å². The van der Waals surface area contributed by atoms with Crippen molar-refractivity contribution in [2.75, 3.05) is 18.0 Å². The number of carbonyl (C=O) groups excluding carboxylic acids is 1. The van der Waals surface area contributed by atoms with Gasteiger partial charge in [-0.15, -0.1) is 0 Å². The smallest absolute Gasteiger partial charge is 0.241 e. The van der Waals surface area contributed by atoms with E-state index in [9.17, 15) is 13.2 Å². The zero-order chi connectivity index (χ0) is 23.3. The maximum absolute atomic E-state index is 13.5. The summed E-state index contributed by atoms with van der Waals surface area (Å²) in [5, 5.41) is 0. The Bertz CT molecular complexity index is 1170. The quantitative estimate of drug-likeness (QED) is 0.463. The third-order valence-electron chi connectivity index (χ3n) is 5.52. The Morgan fingerprint density at radius 3 is 2.06 bits per heavy atom. The minimum atomic E-state index is -3.90. The van der Waals surface area contributed by atoms with E-state index in [1.54, 1.807) is 42.5 Å². The molecule has 6 heteroatoms. The Balaban J connectivity index is 2.01. The third kappa shape index (κ3) is 5.44. The first-order chi connectivity index (χ1) is 15.2. The van der Waals surface area contributed by atoms with E-state index in [1.165, 1.54) is 0 Å². The van der Waals surface area contributed by atoms with Gasteiger partial charge in [0.2, 0.25) is 10.0 Å². The second kappa shape index (κ2) is 10.1. The van der Waals surface area contributed by atoms with Crippen molar-refractivity contribution < 1.29 is 13.2 Å². The third-order valence-corrected chi connectivity index (χ3v) is 6.96. The second-order valence-corrected chi connectivity index (χ2v) is 9.58. The molecule has 0 saturated heterocycles. The summed E-state index contributed by atoms with van der Waals surface area (Å²) in [7, 11) is -3.90. The molecule has 0 amide bonds. The van der Waals surface area contributed by atoms with E-state index in [1.807, 2.05) is 44.2 Å². The predicted molar refractivity (Wildman–Crippen MR) is 130 cm³/mol. The van der Waals surface area contributed by atoms with Gasteiger partial charge >= 0.3 is 0 Å². The fourth-order valence-electron chi connectivity index (χ4n) is 3.64. The summed E-state index contributed by atoms with van der Waals surface area (Å²) in [6.07, 6.45) is 0. The van der Waals surface area contributed by atoms with Gasteiger partial charge < -0.3 is 4.90 Å². The van der Waals surface area contributed by atoms with Gasteiger partial charge in [0.05, 0.1) is 4.90 Å². The Hall–Kier alpha value is -2.96. The molecule has 0 aliphatic rings. The largest absolute Gasteiger partial charge is 0.372 e. The lowest BCUT2D eigenvalue weighted by Crippen LogP contribution is -2.34. The van der Waals surface area contributed by atoms with Crippen LogP contribution in [0.5, 0.6) is 0 Å². The topological polar surface area (TPSA) is 66.5 Å². The van der Waals surface area contributed by atoms with Crippen LogP contribution in [-0.4, -0.2) is 27.3 Å². The van der Waals surface area contributed by atoms with Gasteiger partial charge in [-0.25, -0.2) is 8.42 Å². The van der Waals surface area contributed by atoms with Gasteiger partial charge in [-0.2, -0.15) is 4.72 Å². The highest BCUT2D eigenvalue weighted by molar-refractivity contribution is 7.89. The highest BCUT2D eigenvalue weighted by atomic mass is 32.2. The number of benzene rings is 3. The molecule has 3 rings (SSSR count). The molecule has 0 fully saturated rings. The number of aryl methyl sites for hydroxylation is 2. The van der Waals surface area contributed by atoms with Gasteiger partial charge in [0, 0.05) is 24.3 Å². The molecule has 32 heavy (non-hydrogen) atoms. The van der Waals surface area contributed by atoms with Gasteiger partial charge in [-0.05, 0) is 63.6 Å². The Morgan fingerprint density at radius 2 is 1.50 bits per heavy atom. The lowest BCUT2D eigenvalue weighted by molar-refractivity contribution is 0.0953. The number of anilines is 1.